The molecule has 1 aromatic heterocycles. The van der Waals surface area contributed by atoms with Crippen molar-refractivity contribution >= 4 is 17.3 Å². The van der Waals surface area contributed by atoms with Gasteiger partial charge in [0.05, 0.1) is 11.5 Å². The summed E-state index contributed by atoms with van der Waals surface area (Å²) >= 11 is 1.43. The molecule has 0 saturated heterocycles. The van der Waals surface area contributed by atoms with Crippen LogP contribution in [0.15, 0.2) is 11.6 Å². The molecule has 0 radical (unpaired) electrons. The van der Waals surface area contributed by atoms with Crippen molar-refractivity contribution in [2.75, 3.05) is 0 Å². The van der Waals surface area contributed by atoms with Crippen LogP contribution in [0.1, 0.15) is 30.3 Å². The second-order valence-electron chi connectivity index (χ2n) is 3.66. The van der Waals surface area contributed by atoms with Crippen molar-refractivity contribution < 1.29 is 9.90 Å². The van der Waals surface area contributed by atoms with Gasteiger partial charge in [-0.15, -0.1) is 11.3 Å². The van der Waals surface area contributed by atoms with Crippen LogP contribution in [-0.2, 0) is 4.79 Å². The Hall–Kier alpha value is -0.940. The first-order valence-electron chi connectivity index (χ1n) is 4.55. The van der Waals surface area contributed by atoms with Crippen LogP contribution in [-0.4, -0.2) is 16.1 Å². The zero-order valence-electron chi connectivity index (χ0n) is 7.64. The molecule has 0 spiro atoms. The van der Waals surface area contributed by atoms with Crippen LogP contribution in [0, 0.1) is 5.41 Å². The highest BCUT2D eigenvalue weighted by Gasteiger charge is 2.50. The minimum atomic E-state index is -0.786. The zero-order valence-corrected chi connectivity index (χ0v) is 8.46. The fourth-order valence-corrected chi connectivity index (χ4v) is 2.60. The van der Waals surface area contributed by atoms with E-state index in [1.54, 1.807) is 6.20 Å². The van der Waals surface area contributed by atoms with Crippen molar-refractivity contribution in [1.29, 1.82) is 0 Å². The number of carboxylic acids is 1. The summed E-state index contributed by atoms with van der Waals surface area (Å²) in [6, 6.07) is -0.450. The van der Waals surface area contributed by atoms with E-state index in [0.717, 1.165) is 11.4 Å². The van der Waals surface area contributed by atoms with Gasteiger partial charge in [0.1, 0.15) is 5.01 Å². The van der Waals surface area contributed by atoms with E-state index in [2.05, 4.69) is 4.98 Å². The molecule has 4 nitrogen and oxygen atoms in total. The summed E-state index contributed by atoms with van der Waals surface area (Å²) in [5.74, 6) is -0.786. The van der Waals surface area contributed by atoms with Gasteiger partial charge >= 0.3 is 5.97 Å². The molecule has 0 aliphatic heterocycles. The monoisotopic (exact) mass is 212 g/mol. The lowest BCUT2D eigenvalue weighted by molar-refractivity contribution is -0.156. The van der Waals surface area contributed by atoms with Crippen molar-refractivity contribution in [1.82, 2.24) is 4.98 Å². The van der Waals surface area contributed by atoms with Crippen LogP contribution in [0.3, 0.4) is 0 Å². The molecule has 1 unspecified atom stereocenters. The van der Waals surface area contributed by atoms with Crippen LogP contribution in [0.25, 0.3) is 0 Å². The van der Waals surface area contributed by atoms with Gasteiger partial charge < -0.3 is 10.8 Å². The molecule has 1 heterocycles. The second kappa shape index (κ2) is 3.33. The Balaban J connectivity index is 2.25. The zero-order chi connectivity index (χ0) is 10.2. The third-order valence-electron chi connectivity index (χ3n) is 2.98. The molecule has 14 heavy (non-hydrogen) atoms. The number of aliphatic carboxylic acids is 1. The van der Waals surface area contributed by atoms with E-state index in [0.29, 0.717) is 12.8 Å². The van der Waals surface area contributed by atoms with Gasteiger partial charge in [-0.05, 0) is 12.8 Å². The normalized spacial score (nSPS) is 21.2. The lowest BCUT2D eigenvalue weighted by atomic mass is 9.64. The van der Waals surface area contributed by atoms with Gasteiger partial charge in [-0.25, -0.2) is 4.98 Å². The first kappa shape index (κ1) is 9.61. The van der Waals surface area contributed by atoms with Gasteiger partial charge in [0.25, 0.3) is 0 Å². The molecule has 1 atom stereocenters. The SMILES string of the molecule is NC(c1nccs1)C1(C(=O)O)CCC1. The van der Waals surface area contributed by atoms with E-state index < -0.39 is 17.4 Å². The highest BCUT2D eigenvalue weighted by Crippen LogP contribution is 2.49. The van der Waals surface area contributed by atoms with Gasteiger partial charge in [0.15, 0.2) is 0 Å². The molecule has 3 N–H and O–H groups in total. The molecule has 1 fully saturated rings. The maximum absolute atomic E-state index is 11.1. The van der Waals surface area contributed by atoms with E-state index in [4.69, 9.17) is 10.8 Å². The number of hydrogen-bond acceptors (Lipinski definition) is 4. The molecule has 0 bridgehead atoms. The van der Waals surface area contributed by atoms with Crippen molar-refractivity contribution in [2.45, 2.75) is 25.3 Å². The van der Waals surface area contributed by atoms with E-state index in [1.165, 1.54) is 11.3 Å². The first-order chi connectivity index (χ1) is 6.67. The first-order valence-corrected chi connectivity index (χ1v) is 5.43. The standard InChI is InChI=1S/C9H12N2O2S/c10-6(7-11-4-5-14-7)9(8(12)13)2-1-3-9/h4-6H,1-3,10H2,(H,12,13). The number of nitrogens with two attached hydrogens (primary N) is 1. The van der Waals surface area contributed by atoms with E-state index in [9.17, 15) is 4.79 Å². The predicted octanol–water partition coefficient (Wildman–Crippen LogP) is 1.40. The number of aromatic nitrogens is 1. The summed E-state index contributed by atoms with van der Waals surface area (Å²) in [6.07, 6.45) is 3.95. The van der Waals surface area contributed by atoms with Gasteiger partial charge in [-0.1, -0.05) is 6.42 Å². The summed E-state index contributed by atoms with van der Waals surface area (Å²) in [7, 11) is 0. The Bertz CT molecular complexity index is 333. The average molecular weight is 212 g/mol. The largest absolute Gasteiger partial charge is 0.481 e. The van der Waals surface area contributed by atoms with Gasteiger partial charge in [0, 0.05) is 11.6 Å². The van der Waals surface area contributed by atoms with Crippen molar-refractivity contribution in [3.8, 4) is 0 Å². The third-order valence-corrected chi connectivity index (χ3v) is 3.84. The summed E-state index contributed by atoms with van der Waals surface area (Å²) in [5.41, 5.74) is 5.20. The van der Waals surface area contributed by atoms with Crippen LogP contribution in [0.5, 0.6) is 0 Å². The number of carboxylic acid groups (broad SMARTS) is 1. The molecular weight excluding hydrogens is 200 g/mol. The third kappa shape index (κ3) is 1.24. The lowest BCUT2D eigenvalue weighted by Gasteiger charge is -2.41. The van der Waals surface area contributed by atoms with E-state index in [-0.39, 0.29) is 0 Å². The molecule has 1 aromatic rings. The van der Waals surface area contributed by atoms with Crippen molar-refractivity contribution in [2.24, 2.45) is 11.1 Å². The Morgan fingerprint density at radius 2 is 2.43 bits per heavy atom. The van der Waals surface area contributed by atoms with Gasteiger partial charge in [-0.2, -0.15) is 0 Å². The minimum absolute atomic E-state index is 0.450. The second-order valence-corrected chi connectivity index (χ2v) is 4.59. The fourth-order valence-electron chi connectivity index (χ4n) is 1.84. The average Bonchev–Trinajstić information content (AvgIpc) is 2.51. The Morgan fingerprint density at radius 3 is 2.79 bits per heavy atom. The molecule has 0 aromatic carbocycles. The summed E-state index contributed by atoms with van der Waals surface area (Å²) in [4.78, 5) is 15.2. The highest BCUT2D eigenvalue weighted by molar-refractivity contribution is 7.09. The van der Waals surface area contributed by atoms with Crippen LogP contribution in [0.4, 0.5) is 0 Å². The smallest absolute Gasteiger partial charge is 0.311 e. The van der Waals surface area contributed by atoms with Crippen LogP contribution < -0.4 is 5.73 Å². The van der Waals surface area contributed by atoms with Crippen molar-refractivity contribution in [3.63, 3.8) is 0 Å². The highest BCUT2D eigenvalue weighted by atomic mass is 32.1. The Kier molecular flexibility index (Phi) is 2.28. The molecule has 1 aliphatic rings. The number of hydrogen-bond donors (Lipinski definition) is 2. The minimum Gasteiger partial charge on any atom is -0.481 e. The molecular formula is C9H12N2O2S. The molecule has 76 valence electrons. The van der Waals surface area contributed by atoms with E-state index in [1.807, 2.05) is 5.38 Å². The van der Waals surface area contributed by atoms with Gasteiger partial charge in [0.2, 0.25) is 0 Å². The van der Waals surface area contributed by atoms with Crippen LogP contribution in [0.2, 0.25) is 0 Å². The lowest BCUT2D eigenvalue weighted by Crippen LogP contribution is -2.46. The fraction of sp³-hybridized carbons (Fsp3) is 0.556. The number of rotatable bonds is 3. The number of nitrogens with zero attached hydrogens (tertiary/aromatic N) is 1. The molecule has 5 heteroatoms. The van der Waals surface area contributed by atoms with Crippen LogP contribution >= 0.6 is 11.3 Å². The quantitative estimate of drug-likeness (QED) is 0.794. The number of carbonyl (C=O) groups is 1. The Morgan fingerprint density at radius 1 is 1.71 bits per heavy atom. The summed E-state index contributed by atoms with van der Waals surface area (Å²) in [6.45, 7) is 0. The van der Waals surface area contributed by atoms with E-state index >= 15 is 0 Å². The molecule has 0 amide bonds. The maximum atomic E-state index is 11.1. The number of thiazole rings is 1. The molecule has 1 aliphatic carbocycles. The Labute approximate surface area is 85.8 Å². The maximum Gasteiger partial charge on any atom is 0.311 e. The predicted molar refractivity (Wildman–Crippen MR) is 53.0 cm³/mol. The topological polar surface area (TPSA) is 76.2 Å². The summed E-state index contributed by atoms with van der Waals surface area (Å²) < 4.78 is 0. The van der Waals surface area contributed by atoms with Crippen molar-refractivity contribution in [3.05, 3.63) is 16.6 Å². The van der Waals surface area contributed by atoms with Gasteiger partial charge in [-0.3, -0.25) is 4.79 Å². The molecule has 2 rings (SSSR count). The summed E-state index contributed by atoms with van der Waals surface area (Å²) in [5, 5.41) is 11.7. The molecule has 1 saturated carbocycles.